The van der Waals surface area contributed by atoms with Crippen molar-refractivity contribution in [3.63, 3.8) is 0 Å². The summed E-state index contributed by atoms with van der Waals surface area (Å²) in [5.41, 5.74) is 2.23. The zero-order valence-electron chi connectivity index (χ0n) is 9.73. The molecule has 0 saturated carbocycles. The Bertz CT molecular complexity index is 534. The number of carbonyl (C=O) groups excluding carboxylic acids is 1. The molecular weight excluding hydrogens is 218 g/mol. The second-order valence-corrected chi connectivity index (χ2v) is 3.84. The van der Waals surface area contributed by atoms with Crippen LogP contribution in [0.2, 0.25) is 0 Å². The number of anilines is 1. The van der Waals surface area contributed by atoms with E-state index in [1.54, 1.807) is 25.3 Å². The number of hydrogen-bond acceptors (Lipinski definition) is 4. The van der Waals surface area contributed by atoms with Crippen LogP contribution in [0, 0.1) is 13.8 Å². The Morgan fingerprint density at radius 2 is 2.24 bits per heavy atom. The summed E-state index contributed by atoms with van der Waals surface area (Å²) < 4.78 is 4.89. The minimum absolute atomic E-state index is 0.121. The Hall–Kier alpha value is -2.17. The number of carbonyl (C=O) groups is 1. The molecule has 0 bridgehead atoms. The van der Waals surface area contributed by atoms with Gasteiger partial charge in [-0.1, -0.05) is 5.16 Å². The first-order valence-electron chi connectivity index (χ1n) is 5.28. The number of aromatic nitrogens is 2. The highest BCUT2D eigenvalue weighted by Crippen LogP contribution is 2.08. The molecule has 2 heterocycles. The molecule has 5 nitrogen and oxygen atoms in total. The van der Waals surface area contributed by atoms with E-state index in [-0.39, 0.29) is 12.3 Å². The van der Waals surface area contributed by atoms with Gasteiger partial charge in [0, 0.05) is 23.6 Å². The fraction of sp³-hybridized carbons (Fsp3) is 0.250. The van der Waals surface area contributed by atoms with Crippen LogP contribution in [-0.2, 0) is 11.2 Å². The van der Waals surface area contributed by atoms with E-state index in [0.717, 1.165) is 11.4 Å². The van der Waals surface area contributed by atoms with Crippen molar-refractivity contribution in [2.75, 3.05) is 5.32 Å². The van der Waals surface area contributed by atoms with E-state index in [0.29, 0.717) is 11.5 Å². The minimum Gasteiger partial charge on any atom is -0.361 e. The van der Waals surface area contributed by atoms with Crippen LogP contribution in [-0.4, -0.2) is 16.0 Å². The summed E-state index contributed by atoms with van der Waals surface area (Å²) in [7, 11) is 0. The van der Waals surface area contributed by atoms with E-state index in [2.05, 4.69) is 15.5 Å². The Kier molecular flexibility index (Phi) is 3.18. The van der Waals surface area contributed by atoms with Gasteiger partial charge in [-0.05, 0) is 26.0 Å². The topological polar surface area (TPSA) is 68.0 Å². The van der Waals surface area contributed by atoms with E-state index in [1.165, 1.54) is 0 Å². The third-order valence-electron chi connectivity index (χ3n) is 2.20. The van der Waals surface area contributed by atoms with Crippen molar-refractivity contribution in [3.8, 4) is 0 Å². The highest BCUT2D eigenvalue weighted by Gasteiger charge is 2.07. The lowest BCUT2D eigenvalue weighted by molar-refractivity contribution is -0.115. The first-order chi connectivity index (χ1) is 8.13. The molecule has 0 radical (unpaired) electrons. The highest BCUT2D eigenvalue weighted by atomic mass is 16.5. The fourth-order valence-corrected chi connectivity index (χ4v) is 1.49. The summed E-state index contributed by atoms with van der Waals surface area (Å²) >= 11 is 0. The second-order valence-electron chi connectivity index (χ2n) is 3.84. The minimum atomic E-state index is -0.121. The number of aryl methyl sites for hydroxylation is 2. The van der Waals surface area contributed by atoms with Crippen LogP contribution in [0.5, 0.6) is 0 Å². The smallest absolute Gasteiger partial charge is 0.230 e. The monoisotopic (exact) mass is 231 g/mol. The molecule has 0 aliphatic carbocycles. The lowest BCUT2D eigenvalue weighted by Gasteiger charge is -2.03. The van der Waals surface area contributed by atoms with Gasteiger partial charge in [0.15, 0.2) is 0 Å². The van der Waals surface area contributed by atoms with Gasteiger partial charge in [-0.3, -0.25) is 9.78 Å². The molecular formula is C12H13N3O2. The third kappa shape index (κ3) is 3.14. The highest BCUT2D eigenvalue weighted by molar-refractivity contribution is 5.91. The third-order valence-corrected chi connectivity index (χ3v) is 2.20. The molecule has 0 spiro atoms. The molecule has 5 heteroatoms. The second kappa shape index (κ2) is 4.78. The maximum Gasteiger partial charge on any atom is 0.230 e. The molecule has 0 aromatic carbocycles. The SMILES string of the molecule is Cc1cc(NC(=O)Cc2cc(C)on2)ccn1. The molecule has 0 saturated heterocycles. The summed E-state index contributed by atoms with van der Waals surface area (Å²) in [6.45, 7) is 3.66. The number of nitrogens with one attached hydrogen (secondary N) is 1. The van der Waals surface area contributed by atoms with Crippen molar-refractivity contribution in [3.05, 3.63) is 41.5 Å². The van der Waals surface area contributed by atoms with Gasteiger partial charge in [-0.25, -0.2) is 0 Å². The van der Waals surface area contributed by atoms with Gasteiger partial charge in [0.1, 0.15) is 5.76 Å². The fourth-order valence-electron chi connectivity index (χ4n) is 1.49. The maximum atomic E-state index is 11.7. The molecule has 0 fully saturated rings. The van der Waals surface area contributed by atoms with E-state index < -0.39 is 0 Å². The largest absolute Gasteiger partial charge is 0.361 e. The zero-order valence-corrected chi connectivity index (χ0v) is 9.73. The van der Waals surface area contributed by atoms with Crippen LogP contribution in [0.3, 0.4) is 0 Å². The Morgan fingerprint density at radius 1 is 1.41 bits per heavy atom. The van der Waals surface area contributed by atoms with E-state index in [4.69, 9.17) is 4.52 Å². The molecule has 2 rings (SSSR count). The quantitative estimate of drug-likeness (QED) is 0.875. The summed E-state index contributed by atoms with van der Waals surface area (Å²) in [4.78, 5) is 15.7. The average Bonchev–Trinajstić information content (AvgIpc) is 2.63. The van der Waals surface area contributed by atoms with Crippen molar-refractivity contribution >= 4 is 11.6 Å². The lowest BCUT2D eigenvalue weighted by atomic mass is 10.2. The predicted molar refractivity (Wildman–Crippen MR) is 62.5 cm³/mol. The van der Waals surface area contributed by atoms with Gasteiger partial charge in [-0.15, -0.1) is 0 Å². The molecule has 2 aromatic heterocycles. The molecule has 17 heavy (non-hydrogen) atoms. The molecule has 0 aliphatic rings. The standard InChI is InChI=1S/C12H13N3O2/c1-8-5-10(3-4-13-8)14-12(16)7-11-6-9(2)17-15-11/h3-6H,7H2,1-2H3,(H,13,14,16). The van der Waals surface area contributed by atoms with Gasteiger partial charge in [0.2, 0.25) is 5.91 Å². The molecule has 0 unspecified atom stereocenters. The molecule has 1 N–H and O–H groups in total. The summed E-state index contributed by atoms with van der Waals surface area (Å²) in [5.74, 6) is 0.580. The van der Waals surface area contributed by atoms with Crippen molar-refractivity contribution < 1.29 is 9.32 Å². The number of nitrogens with zero attached hydrogens (tertiary/aromatic N) is 2. The van der Waals surface area contributed by atoms with Gasteiger partial charge in [0.05, 0.1) is 12.1 Å². The van der Waals surface area contributed by atoms with Gasteiger partial charge in [0.25, 0.3) is 0 Å². The number of hydrogen-bond donors (Lipinski definition) is 1. The Morgan fingerprint density at radius 3 is 2.88 bits per heavy atom. The van der Waals surface area contributed by atoms with Crippen LogP contribution in [0.25, 0.3) is 0 Å². The lowest BCUT2D eigenvalue weighted by Crippen LogP contribution is -2.14. The van der Waals surface area contributed by atoms with Crippen LogP contribution < -0.4 is 5.32 Å². The number of rotatable bonds is 3. The normalized spacial score (nSPS) is 10.2. The van der Waals surface area contributed by atoms with E-state index in [1.807, 2.05) is 13.0 Å². The zero-order chi connectivity index (χ0) is 12.3. The van der Waals surface area contributed by atoms with Crippen LogP contribution in [0.15, 0.2) is 28.9 Å². The van der Waals surface area contributed by atoms with E-state index in [9.17, 15) is 4.79 Å². The maximum absolute atomic E-state index is 11.7. The van der Waals surface area contributed by atoms with Crippen LogP contribution in [0.4, 0.5) is 5.69 Å². The van der Waals surface area contributed by atoms with Crippen LogP contribution >= 0.6 is 0 Å². The molecule has 88 valence electrons. The van der Waals surface area contributed by atoms with E-state index >= 15 is 0 Å². The number of amides is 1. The molecule has 2 aromatic rings. The Balaban J connectivity index is 1.98. The Labute approximate surface area is 98.8 Å². The van der Waals surface area contributed by atoms with Gasteiger partial charge >= 0.3 is 0 Å². The molecule has 0 aliphatic heterocycles. The average molecular weight is 231 g/mol. The predicted octanol–water partition coefficient (Wildman–Crippen LogP) is 1.87. The molecule has 1 amide bonds. The van der Waals surface area contributed by atoms with Gasteiger partial charge < -0.3 is 9.84 Å². The number of pyridine rings is 1. The van der Waals surface area contributed by atoms with Crippen LogP contribution in [0.1, 0.15) is 17.1 Å². The van der Waals surface area contributed by atoms with Crippen molar-refractivity contribution in [1.29, 1.82) is 0 Å². The summed E-state index contributed by atoms with van der Waals surface area (Å²) in [6, 6.07) is 5.31. The van der Waals surface area contributed by atoms with Gasteiger partial charge in [-0.2, -0.15) is 0 Å². The van der Waals surface area contributed by atoms with Crippen molar-refractivity contribution in [2.45, 2.75) is 20.3 Å². The van der Waals surface area contributed by atoms with Crippen molar-refractivity contribution in [1.82, 2.24) is 10.1 Å². The first kappa shape index (κ1) is 11.3. The molecule has 0 atom stereocenters. The summed E-state index contributed by atoms with van der Waals surface area (Å²) in [5, 5.41) is 6.55. The first-order valence-corrected chi connectivity index (χ1v) is 5.28. The summed E-state index contributed by atoms with van der Waals surface area (Å²) in [6.07, 6.45) is 1.86. The van der Waals surface area contributed by atoms with Crippen molar-refractivity contribution in [2.24, 2.45) is 0 Å².